The van der Waals surface area contributed by atoms with Crippen molar-refractivity contribution in [2.75, 3.05) is 0 Å². The summed E-state index contributed by atoms with van der Waals surface area (Å²) in [4.78, 5) is 13.1. The molecule has 11 heavy (non-hydrogen) atoms. The van der Waals surface area contributed by atoms with Crippen LogP contribution in [0.15, 0.2) is 4.79 Å². The maximum Gasteiger partial charge on any atom is 0.340 e. The highest BCUT2D eigenvalue weighted by molar-refractivity contribution is 4.88. The van der Waals surface area contributed by atoms with Crippen molar-refractivity contribution < 1.29 is 0 Å². The number of H-pyrrole nitrogens is 2. The zero-order valence-corrected chi connectivity index (χ0v) is 6.42. The van der Waals surface area contributed by atoms with Crippen molar-refractivity contribution in [1.29, 1.82) is 0 Å². The molecule has 0 amide bonds. The van der Waals surface area contributed by atoms with E-state index < -0.39 is 0 Å². The molecule has 4 N–H and O–H groups in total. The molecule has 5 nitrogen and oxygen atoms in total. The van der Waals surface area contributed by atoms with Gasteiger partial charge in [0, 0.05) is 0 Å². The number of aromatic nitrogens is 3. The zero-order chi connectivity index (χ0) is 8.27. The second kappa shape index (κ2) is 3.34. The average Bonchev–Trinajstić information content (AvgIpc) is 2.36. The summed E-state index contributed by atoms with van der Waals surface area (Å²) >= 11 is 0. The van der Waals surface area contributed by atoms with Crippen LogP contribution < -0.4 is 11.4 Å². The number of aromatic amines is 2. The summed E-state index contributed by atoms with van der Waals surface area (Å²) in [5, 5.41) is 5.98. The number of nitrogens with zero attached hydrogens (tertiary/aromatic N) is 1. The Kier molecular flexibility index (Phi) is 2.43. The fraction of sp³-hybridized carbons (Fsp3) is 0.667. The van der Waals surface area contributed by atoms with Gasteiger partial charge in [-0.3, -0.25) is 4.98 Å². The zero-order valence-electron chi connectivity index (χ0n) is 6.42. The largest absolute Gasteiger partial charge is 0.340 e. The molecule has 0 saturated heterocycles. The fourth-order valence-electron chi connectivity index (χ4n) is 0.907. The molecule has 0 spiro atoms. The van der Waals surface area contributed by atoms with Crippen LogP contribution in [0.25, 0.3) is 0 Å². The lowest BCUT2D eigenvalue weighted by Gasteiger charge is -2.03. The van der Waals surface area contributed by atoms with Crippen LogP contribution in [0.1, 0.15) is 31.6 Å². The number of rotatable bonds is 3. The third-order valence-electron chi connectivity index (χ3n) is 1.47. The SMILES string of the molecule is CCCC(N)c1n[nH]c(=O)[nH]1. The summed E-state index contributed by atoms with van der Waals surface area (Å²) in [6.07, 6.45) is 1.82. The van der Waals surface area contributed by atoms with Gasteiger partial charge < -0.3 is 5.73 Å². The average molecular weight is 156 g/mol. The van der Waals surface area contributed by atoms with Crippen LogP contribution in [-0.2, 0) is 0 Å². The molecular weight excluding hydrogens is 144 g/mol. The van der Waals surface area contributed by atoms with Gasteiger partial charge in [-0.05, 0) is 6.42 Å². The lowest BCUT2D eigenvalue weighted by Crippen LogP contribution is -2.12. The molecule has 0 aliphatic rings. The monoisotopic (exact) mass is 156 g/mol. The van der Waals surface area contributed by atoms with E-state index >= 15 is 0 Å². The van der Waals surface area contributed by atoms with Crippen LogP contribution >= 0.6 is 0 Å². The molecule has 1 atom stereocenters. The minimum absolute atomic E-state index is 0.154. The second-order valence-corrected chi connectivity index (χ2v) is 2.46. The highest BCUT2D eigenvalue weighted by Gasteiger charge is 2.07. The minimum Gasteiger partial charge on any atom is -0.321 e. The van der Waals surface area contributed by atoms with Crippen LogP contribution in [0.5, 0.6) is 0 Å². The molecule has 0 bridgehead atoms. The Labute approximate surface area is 64.0 Å². The lowest BCUT2D eigenvalue weighted by molar-refractivity contribution is 0.604. The first-order chi connectivity index (χ1) is 5.24. The summed E-state index contributed by atoms with van der Waals surface area (Å²) in [7, 11) is 0. The fourth-order valence-corrected chi connectivity index (χ4v) is 0.907. The van der Waals surface area contributed by atoms with Crippen LogP contribution in [0.2, 0.25) is 0 Å². The number of nitrogens with one attached hydrogen (secondary N) is 2. The normalized spacial score (nSPS) is 13.3. The summed E-state index contributed by atoms with van der Waals surface area (Å²) in [5.74, 6) is 0.539. The quantitative estimate of drug-likeness (QED) is 0.571. The van der Waals surface area contributed by atoms with Gasteiger partial charge >= 0.3 is 5.69 Å². The van der Waals surface area contributed by atoms with Gasteiger partial charge in [0.25, 0.3) is 0 Å². The van der Waals surface area contributed by atoms with Gasteiger partial charge in [-0.25, -0.2) is 9.89 Å². The first-order valence-electron chi connectivity index (χ1n) is 3.64. The molecule has 0 aliphatic heterocycles. The molecule has 0 aromatic carbocycles. The molecule has 0 radical (unpaired) electrons. The highest BCUT2D eigenvalue weighted by atomic mass is 16.1. The molecule has 1 aromatic heterocycles. The van der Waals surface area contributed by atoms with E-state index in [1.807, 2.05) is 6.92 Å². The maximum atomic E-state index is 10.6. The first-order valence-corrected chi connectivity index (χ1v) is 3.64. The van der Waals surface area contributed by atoms with Crippen molar-refractivity contribution in [3.05, 3.63) is 16.3 Å². The van der Waals surface area contributed by atoms with Crippen molar-refractivity contribution in [2.24, 2.45) is 5.73 Å². The van der Waals surface area contributed by atoms with E-state index in [4.69, 9.17) is 5.73 Å². The van der Waals surface area contributed by atoms with Gasteiger partial charge in [0.05, 0.1) is 6.04 Å². The van der Waals surface area contributed by atoms with Crippen LogP contribution in [-0.4, -0.2) is 15.2 Å². The predicted molar refractivity (Wildman–Crippen MR) is 41.0 cm³/mol. The van der Waals surface area contributed by atoms with Crippen molar-refractivity contribution in [3.63, 3.8) is 0 Å². The summed E-state index contributed by atoms with van der Waals surface area (Å²) in [5.41, 5.74) is 5.37. The molecule has 1 unspecified atom stereocenters. The van der Waals surface area contributed by atoms with Crippen LogP contribution in [0, 0.1) is 0 Å². The second-order valence-electron chi connectivity index (χ2n) is 2.46. The van der Waals surface area contributed by atoms with E-state index in [9.17, 15) is 4.79 Å². The molecule has 1 heterocycles. The topological polar surface area (TPSA) is 87.6 Å². The van der Waals surface area contributed by atoms with Gasteiger partial charge in [0.15, 0.2) is 0 Å². The van der Waals surface area contributed by atoms with E-state index in [1.165, 1.54) is 0 Å². The van der Waals surface area contributed by atoms with Gasteiger partial charge in [0.1, 0.15) is 5.82 Å². The Hall–Kier alpha value is -1.10. The highest BCUT2D eigenvalue weighted by Crippen LogP contribution is 2.07. The van der Waals surface area contributed by atoms with Gasteiger partial charge in [-0.2, -0.15) is 5.10 Å². The summed E-state index contributed by atoms with van der Waals surface area (Å²) in [6, 6.07) is -0.154. The number of hydrogen-bond acceptors (Lipinski definition) is 3. The van der Waals surface area contributed by atoms with E-state index in [2.05, 4.69) is 15.2 Å². The summed E-state index contributed by atoms with van der Waals surface area (Å²) < 4.78 is 0. The molecule has 5 heteroatoms. The first kappa shape index (κ1) is 8.00. The van der Waals surface area contributed by atoms with Crippen molar-refractivity contribution in [3.8, 4) is 0 Å². The Morgan fingerprint density at radius 2 is 2.45 bits per heavy atom. The Morgan fingerprint density at radius 3 is 2.91 bits per heavy atom. The van der Waals surface area contributed by atoms with Crippen molar-refractivity contribution >= 4 is 0 Å². The summed E-state index contributed by atoms with van der Waals surface area (Å²) in [6.45, 7) is 2.03. The van der Waals surface area contributed by atoms with E-state index in [0.29, 0.717) is 5.82 Å². The van der Waals surface area contributed by atoms with Gasteiger partial charge in [-0.1, -0.05) is 13.3 Å². The van der Waals surface area contributed by atoms with E-state index in [1.54, 1.807) is 0 Å². The van der Waals surface area contributed by atoms with Gasteiger partial charge in [0.2, 0.25) is 0 Å². The van der Waals surface area contributed by atoms with Crippen LogP contribution in [0.4, 0.5) is 0 Å². The Bertz CT molecular complexity index is 264. The minimum atomic E-state index is -0.299. The third kappa shape index (κ3) is 1.91. The van der Waals surface area contributed by atoms with Crippen LogP contribution in [0.3, 0.4) is 0 Å². The van der Waals surface area contributed by atoms with Gasteiger partial charge in [-0.15, -0.1) is 0 Å². The standard InChI is InChI=1S/C6H12N4O/c1-2-3-4(7)5-8-6(11)10-9-5/h4H,2-3,7H2,1H3,(H2,8,9,10,11). The molecule has 0 fully saturated rings. The Balaban J connectivity index is 2.68. The smallest absolute Gasteiger partial charge is 0.321 e. The predicted octanol–water partition coefficient (Wildman–Crippen LogP) is -0.102. The Morgan fingerprint density at radius 1 is 1.73 bits per heavy atom. The van der Waals surface area contributed by atoms with Crippen molar-refractivity contribution in [1.82, 2.24) is 15.2 Å². The third-order valence-corrected chi connectivity index (χ3v) is 1.47. The van der Waals surface area contributed by atoms with E-state index in [-0.39, 0.29) is 11.7 Å². The molecule has 1 rings (SSSR count). The molecule has 0 saturated carbocycles. The van der Waals surface area contributed by atoms with Crippen molar-refractivity contribution in [2.45, 2.75) is 25.8 Å². The maximum absolute atomic E-state index is 10.6. The number of hydrogen-bond donors (Lipinski definition) is 3. The molecular formula is C6H12N4O. The molecule has 1 aromatic rings. The molecule has 62 valence electrons. The lowest BCUT2D eigenvalue weighted by atomic mass is 10.2. The van der Waals surface area contributed by atoms with E-state index in [0.717, 1.165) is 12.8 Å². The molecule has 0 aliphatic carbocycles. The number of nitrogens with two attached hydrogens (primary N) is 1.